The minimum Gasteiger partial charge on any atom is -0.462 e. The molecule has 2 N–H and O–H groups in total. The Balaban J connectivity index is 1.77. The van der Waals surface area contributed by atoms with Crippen molar-refractivity contribution in [3.05, 3.63) is 83.4 Å². The second-order valence-corrected chi connectivity index (χ2v) is 7.44. The van der Waals surface area contributed by atoms with Crippen LogP contribution in [0.5, 0.6) is 11.5 Å². The topological polar surface area (TPSA) is 66.1 Å². The summed E-state index contributed by atoms with van der Waals surface area (Å²) in [6.07, 6.45) is 0. The van der Waals surface area contributed by atoms with Gasteiger partial charge >= 0.3 is 13.2 Å². The van der Waals surface area contributed by atoms with Crippen LogP contribution in [0.2, 0.25) is 0 Å². The molecule has 1 aliphatic heterocycles. The summed E-state index contributed by atoms with van der Waals surface area (Å²) >= 11 is 0. The van der Waals surface area contributed by atoms with E-state index >= 15 is 0 Å². The van der Waals surface area contributed by atoms with Crippen molar-refractivity contribution in [1.82, 2.24) is 0 Å². The highest BCUT2D eigenvalue weighted by Gasteiger charge is 2.40. The van der Waals surface area contributed by atoms with Gasteiger partial charge in [-0.25, -0.2) is 4.99 Å². The number of halogens is 4. The number of benzene rings is 3. The molecule has 1 aliphatic rings. The van der Waals surface area contributed by atoms with Crippen LogP contribution in [-0.4, -0.2) is 25.9 Å². The molecule has 5 nitrogen and oxygen atoms in total. The molecule has 0 bridgehead atoms. The fraction of sp³-hybridized carbons (Fsp3) is 0.208. The van der Waals surface area contributed by atoms with E-state index in [0.29, 0.717) is 16.7 Å². The molecule has 0 saturated carbocycles. The summed E-state index contributed by atoms with van der Waals surface area (Å²) in [7, 11) is 0. The van der Waals surface area contributed by atoms with E-state index in [1.165, 1.54) is 18.2 Å². The molecule has 0 spiro atoms. The van der Waals surface area contributed by atoms with Crippen LogP contribution >= 0.6 is 0 Å². The molecule has 0 fully saturated rings. The van der Waals surface area contributed by atoms with Gasteiger partial charge in [0, 0.05) is 0 Å². The summed E-state index contributed by atoms with van der Waals surface area (Å²) in [5.41, 5.74) is 8.13. The monoisotopic (exact) mass is 460 g/mol. The molecule has 3 aromatic carbocycles. The molecule has 0 radical (unpaired) electrons. The molecule has 0 amide bonds. The maximum atomic E-state index is 12.7. The van der Waals surface area contributed by atoms with Crippen molar-refractivity contribution in [2.45, 2.75) is 25.7 Å². The number of rotatable bonds is 7. The number of hydrogen-bond donors (Lipinski definition) is 1. The van der Waals surface area contributed by atoms with Gasteiger partial charge in [-0.15, -0.1) is 0 Å². The number of amidine groups is 1. The van der Waals surface area contributed by atoms with Crippen molar-refractivity contribution in [3.8, 4) is 22.6 Å². The minimum absolute atomic E-state index is 0.00158. The standard InChI is InChI=1S/C24H20F4N2O3/c1-14-10-18(8-9-20(14)33-22(27)28)24(13-31-23(29)30-24)17-6-2-4-15(11-17)16-5-3-7-19(12-16)32-21(25)26/h2-12,21-22H,13H2,1H3,(H2,29,30). The van der Waals surface area contributed by atoms with Crippen LogP contribution in [0.3, 0.4) is 0 Å². The fourth-order valence-electron chi connectivity index (χ4n) is 3.84. The van der Waals surface area contributed by atoms with Crippen molar-refractivity contribution < 1.29 is 31.8 Å². The highest BCUT2D eigenvalue weighted by molar-refractivity contribution is 5.76. The van der Waals surface area contributed by atoms with Gasteiger partial charge in [0.1, 0.15) is 18.1 Å². The lowest BCUT2D eigenvalue weighted by Gasteiger charge is -2.26. The molecule has 172 valence electrons. The minimum atomic E-state index is -2.94. The Morgan fingerprint density at radius 1 is 0.879 bits per heavy atom. The summed E-state index contributed by atoms with van der Waals surface area (Å²) in [6, 6.07) is 18.5. The highest BCUT2D eigenvalue weighted by Crippen LogP contribution is 2.40. The van der Waals surface area contributed by atoms with E-state index in [0.717, 1.165) is 11.1 Å². The van der Waals surface area contributed by atoms with Gasteiger partial charge in [-0.2, -0.15) is 17.6 Å². The third-order valence-corrected chi connectivity index (χ3v) is 5.33. The lowest BCUT2D eigenvalue weighted by Crippen LogP contribution is -2.27. The second kappa shape index (κ2) is 9.01. The Bertz CT molecular complexity index is 1190. The normalized spacial score (nSPS) is 17.7. The fourth-order valence-corrected chi connectivity index (χ4v) is 3.84. The molecule has 1 atom stereocenters. The van der Waals surface area contributed by atoms with E-state index in [9.17, 15) is 17.6 Å². The van der Waals surface area contributed by atoms with Gasteiger partial charge in [0.05, 0.1) is 0 Å². The Hall–Kier alpha value is -3.75. The van der Waals surface area contributed by atoms with Crippen molar-refractivity contribution in [1.29, 1.82) is 0 Å². The van der Waals surface area contributed by atoms with E-state index in [1.807, 2.05) is 18.2 Å². The molecule has 3 aromatic rings. The van der Waals surface area contributed by atoms with Crippen molar-refractivity contribution in [2.75, 3.05) is 6.61 Å². The third-order valence-electron chi connectivity index (χ3n) is 5.33. The Morgan fingerprint density at radius 2 is 1.55 bits per heavy atom. The summed E-state index contributed by atoms with van der Waals surface area (Å²) in [5, 5.41) is 0. The van der Waals surface area contributed by atoms with Crippen LogP contribution < -0.4 is 15.2 Å². The van der Waals surface area contributed by atoms with Crippen molar-refractivity contribution >= 4 is 6.02 Å². The van der Waals surface area contributed by atoms with Gasteiger partial charge in [-0.05, 0) is 65.1 Å². The lowest BCUT2D eigenvalue weighted by molar-refractivity contribution is -0.0507. The van der Waals surface area contributed by atoms with Crippen LogP contribution in [0.15, 0.2) is 71.7 Å². The first kappa shape index (κ1) is 22.4. The largest absolute Gasteiger partial charge is 0.462 e. The SMILES string of the molecule is Cc1cc(C2(c3cccc(-c4cccc(OC(F)F)c4)c3)COC(N)=N2)ccc1OC(F)F. The molecule has 9 heteroatoms. The number of aliphatic imine (C=N–C) groups is 1. The number of ether oxygens (including phenoxy) is 3. The third kappa shape index (κ3) is 4.72. The van der Waals surface area contributed by atoms with E-state index < -0.39 is 18.8 Å². The van der Waals surface area contributed by atoms with Crippen LogP contribution in [0, 0.1) is 6.92 Å². The number of aryl methyl sites for hydroxylation is 1. The second-order valence-electron chi connectivity index (χ2n) is 7.44. The maximum Gasteiger partial charge on any atom is 0.387 e. The number of hydrogen-bond acceptors (Lipinski definition) is 5. The van der Waals surface area contributed by atoms with Gasteiger partial charge in [0.15, 0.2) is 5.54 Å². The smallest absolute Gasteiger partial charge is 0.387 e. The average molecular weight is 460 g/mol. The van der Waals surface area contributed by atoms with Crippen molar-refractivity contribution in [2.24, 2.45) is 10.7 Å². The molecule has 33 heavy (non-hydrogen) atoms. The predicted molar refractivity (Wildman–Crippen MR) is 115 cm³/mol. The van der Waals surface area contributed by atoms with Gasteiger partial charge in [-0.3, -0.25) is 0 Å². The van der Waals surface area contributed by atoms with E-state index in [4.69, 9.17) is 10.5 Å². The lowest BCUT2D eigenvalue weighted by atomic mass is 9.82. The summed E-state index contributed by atoms with van der Waals surface area (Å²) in [4.78, 5) is 4.54. The zero-order chi connectivity index (χ0) is 23.6. The van der Waals surface area contributed by atoms with E-state index in [-0.39, 0.29) is 24.1 Å². The van der Waals surface area contributed by atoms with Gasteiger partial charge in [0.2, 0.25) is 0 Å². The number of nitrogens with two attached hydrogens (primary N) is 1. The molecular weight excluding hydrogens is 440 g/mol. The molecule has 0 aromatic heterocycles. The van der Waals surface area contributed by atoms with Gasteiger partial charge in [-0.1, -0.05) is 36.4 Å². The number of alkyl halides is 4. The molecule has 1 unspecified atom stereocenters. The van der Waals surface area contributed by atoms with Gasteiger partial charge in [0.25, 0.3) is 6.02 Å². The summed E-state index contributed by atoms with van der Waals surface area (Å²) < 4.78 is 65.1. The maximum absolute atomic E-state index is 12.7. The summed E-state index contributed by atoms with van der Waals surface area (Å²) in [5.74, 6) is 0.101. The molecular formula is C24H20F4N2O3. The predicted octanol–water partition coefficient (Wildman–Crippen LogP) is 5.45. The highest BCUT2D eigenvalue weighted by atomic mass is 19.3. The molecule has 0 saturated heterocycles. The average Bonchev–Trinajstić information content (AvgIpc) is 3.17. The number of nitrogens with zero attached hydrogens (tertiary/aromatic N) is 1. The zero-order valence-corrected chi connectivity index (χ0v) is 17.5. The van der Waals surface area contributed by atoms with E-state index in [2.05, 4.69) is 14.5 Å². The Morgan fingerprint density at radius 3 is 2.18 bits per heavy atom. The first-order chi connectivity index (χ1) is 15.8. The molecule has 4 rings (SSSR count). The van der Waals surface area contributed by atoms with Gasteiger partial charge < -0.3 is 19.9 Å². The van der Waals surface area contributed by atoms with Crippen LogP contribution in [0.4, 0.5) is 17.6 Å². The Kier molecular flexibility index (Phi) is 6.13. The quantitative estimate of drug-likeness (QED) is 0.476. The van der Waals surface area contributed by atoms with Crippen LogP contribution in [0.1, 0.15) is 16.7 Å². The Labute approximate surface area is 187 Å². The molecule has 0 aliphatic carbocycles. The molecule has 1 heterocycles. The zero-order valence-electron chi connectivity index (χ0n) is 17.5. The van der Waals surface area contributed by atoms with Crippen LogP contribution in [-0.2, 0) is 10.3 Å². The first-order valence-corrected chi connectivity index (χ1v) is 9.97. The van der Waals surface area contributed by atoms with Crippen molar-refractivity contribution in [3.63, 3.8) is 0 Å². The summed E-state index contributed by atoms with van der Waals surface area (Å²) in [6.45, 7) is -4.11. The first-order valence-electron chi connectivity index (χ1n) is 9.97. The van der Waals surface area contributed by atoms with Crippen LogP contribution in [0.25, 0.3) is 11.1 Å². The van der Waals surface area contributed by atoms with E-state index in [1.54, 1.807) is 37.3 Å².